The fraction of sp³-hybridized carbons (Fsp3) is 0.360. The van der Waals surface area contributed by atoms with Crippen LogP contribution in [0.1, 0.15) is 37.4 Å². The van der Waals surface area contributed by atoms with Crippen molar-refractivity contribution in [3.63, 3.8) is 0 Å². The van der Waals surface area contributed by atoms with Gasteiger partial charge in [-0.25, -0.2) is 23.7 Å². The van der Waals surface area contributed by atoms with Crippen molar-refractivity contribution in [3.05, 3.63) is 59.6 Å². The number of pyridine rings is 1. The van der Waals surface area contributed by atoms with Crippen LogP contribution >= 0.6 is 0 Å². The van der Waals surface area contributed by atoms with Gasteiger partial charge in [0.1, 0.15) is 17.0 Å². The maximum atomic E-state index is 14.8. The number of anilines is 2. The highest BCUT2D eigenvalue weighted by atomic mass is 19.1. The summed E-state index contributed by atoms with van der Waals surface area (Å²) in [5, 5.41) is 14.0. The van der Waals surface area contributed by atoms with Gasteiger partial charge in [0.15, 0.2) is 11.6 Å². The zero-order valence-electron chi connectivity index (χ0n) is 19.8. The van der Waals surface area contributed by atoms with Crippen LogP contribution in [0.4, 0.5) is 20.5 Å². The number of fused-ring (bicyclic) bond motifs is 1. The number of piperazine rings is 1. The first-order valence-corrected chi connectivity index (χ1v) is 11.9. The van der Waals surface area contributed by atoms with Crippen LogP contribution in [0.2, 0.25) is 0 Å². The summed E-state index contributed by atoms with van der Waals surface area (Å²) in [5.41, 5.74) is 2.50. The minimum Gasteiger partial charge on any atom is -0.314 e. The van der Waals surface area contributed by atoms with Gasteiger partial charge in [0, 0.05) is 55.6 Å². The maximum Gasteiger partial charge on any atom is 0.229 e. The number of halogens is 2. The van der Waals surface area contributed by atoms with Crippen molar-refractivity contribution >= 4 is 22.7 Å². The molecule has 0 bridgehead atoms. The smallest absolute Gasteiger partial charge is 0.229 e. The van der Waals surface area contributed by atoms with Crippen LogP contribution in [0.15, 0.2) is 36.7 Å². The van der Waals surface area contributed by atoms with Crippen LogP contribution in [0, 0.1) is 11.6 Å². The van der Waals surface area contributed by atoms with E-state index in [1.54, 1.807) is 6.07 Å². The van der Waals surface area contributed by atoms with E-state index in [1.807, 2.05) is 32.2 Å². The van der Waals surface area contributed by atoms with Crippen molar-refractivity contribution in [2.24, 2.45) is 0 Å². The van der Waals surface area contributed by atoms with E-state index in [1.165, 1.54) is 6.07 Å². The van der Waals surface area contributed by atoms with Crippen molar-refractivity contribution < 1.29 is 8.78 Å². The first kappa shape index (κ1) is 23.3. The molecule has 10 heteroatoms. The lowest BCUT2D eigenvalue weighted by Gasteiger charge is -2.27. The number of nitrogens with one attached hydrogen (secondary N) is 3. The summed E-state index contributed by atoms with van der Waals surface area (Å²) in [6.45, 7) is 8.93. The third-order valence-corrected chi connectivity index (χ3v) is 6.44. The summed E-state index contributed by atoms with van der Waals surface area (Å²) in [6, 6.07) is 6.82. The highest BCUT2D eigenvalue weighted by molar-refractivity contribution is 5.87. The van der Waals surface area contributed by atoms with E-state index in [4.69, 9.17) is 0 Å². The highest BCUT2D eigenvalue weighted by Gasteiger charge is 2.18. The second-order valence-corrected chi connectivity index (χ2v) is 8.89. The van der Waals surface area contributed by atoms with Gasteiger partial charge in [0.25, 0.3) is 0 Å². The fourth-order valence-corrected chi connectivity index (χ4v) is 4.27. The number of benzene rings is 1. The van der Waals surface area contributed by atoms with E-state index in [0.29, 0.717) is 16.8 Å². The van der Waals surface area contributed by atoms with Gasteiger partial charge in [0.05, 0.1) is 6.20 Å². The Hall–Kier alpha value is -3.50. The predicted molar refractivity (Wildman–Crippen MR) is 131 cm³/mol. The summed E-state index contributed by atoms with van der Waals surface area (Å²) in [7, 11) is 0. The average Bonchev–Trinajstić information content (AvgIpc) is 3.31. The molecule has 1 aromatic carbocycles. The Morgan fingerprint density at radius 1 is 1.09 bits per heavy atom. The molecule has 1 fully saturated rings. The molecule has 35 heavy (non-hydrogen) atoms. The highest BCUT2D eigenvalue weighted by Crippen LogP contribution is 2.32. The molecule has 3 aromatic heterocycles. The Morgan fingerprint density at radius 3 is 2.66 bits per heavy atom. The second-order valence-electron chi connectivity index (χ2n) is 8.89. The summed E-state index contributed by atoms with van der Waals surface area (Å²) in [6.07, 6.45) is 3.75. The van der Waals surface area contributed by atoms with Crippen LogP contribution < -0.4 is 10.6 Å². The Bertz CT molecular complexity index is 1320. The molecule has 4 heterocycles. The molecule has 3 N–H and O–H groups in total. The normalized spacial score (nSPS) is 15.4. The quantitative estimate of drug-likeness (QED) is 0.363. The Morgan fingerprint density at radius 2 is 1.91 bits per heavy atom. The van der Waals surface area contributed by atoms with Gasteiger partial charge in [0.2, 0.25) is 5.95 Å². The minimum absolute atomic E-state index is 0.00919. The van der Waals surface area contributed by atoms with Gasteiger partial charge < -0.3 is 10.6 Å². The lowest BCUT2D eigenvalue weighted by Crippen LogP contribution is -2.42. The van der Waals surface area contributed by atoms with Gasteiger partial charge >= 0.3 is 0 Å². The zero-order valence-corrected chi connectivity index (χ0v) is 19.8. The van der Waals surface area contributed by atoms with Crippen molar-refractivity contribution in [2.45, 2.75) is 32.7 Å². The first-order chi connectivity index (χ1) is 17.0. The zero-order chi connectivity index (χ0) is 24.4. The molecule has 8 nitrogen and oxygen atoms in total. The molecule has 1 saturated heterocycles. The van der Waals surface area contributed by atoms with Crippen molar-refractivity contribution in [3.8, 4) is 11.3 Å². The molecule has 4 aromatic rings. The number of aromatic amines is 1. The van der Waals surface area contributed by atoms with Crippen LogP contribution in [0.3, 0.4) is 0 Å². The topological polar surface area (TPSA) is 94.7 Å². The Labute approximate surface area is 202 Å². The van der Waals surface area contributed by atoms with Gasteiger partial charge in [-0.1, -0.05) is 19.9 Å². The fourth-order valence-electron chi connectivity index (χ4n) is 4.27. The van der Waals surface area contributed by atoms with E-state index in [2.05, 4.69) is 40.7 Å². The largest absolute Gasteiger partial charge is 0.314 e. The number of aromatic nitrogens is 5. The average molecular weight is 479 g/mol. The van der Waals surface area contributed by atoms with Crippen LogP contribution in [-0.4, -0.2) is 56.2 Å². The van der Waals surface area contributed by atoms with E-state index < -0.39 is 11.6 Å². The molecular formula is C25H28F2N8. The Kier molecular flexibility index (Phi) is 6.65. The monoisotopic (exact) mass is 478 g/mol. The summed E-state index contributed by atoms with van der Waals surface area (Å²) in [4.78, 5) is 15.2. The molecule has 0 radical (unpaired) electrons. The maximum absolute atomic E-state index is 14.8. The third-order valence-electron chi connectivity index (χ3n) is 6.44. The standard InChI is InChI=1S/C25H28F2N8/c1-3-15(2)22-18-10-17(11-19(26)24(18)34-33-22)23-20(27)13-30-25(32-23)31-21-5-4-16(12-29-21)14-35-8-6-28-7-9-35/h4-5,10-13,15,28H,3,6-9,14H2,1-2H3,(H,33,34)(H,29,30,31,32). The molecule has 0 amide bonds. The van der Waals surface area contributed by atoms with Crippen molar-refractivity contribution in [1.82, 2.24) is 35.4 Å². The van der Waals surface area contributed by atoms with E-state index in [0.717, 1.165) is 56.6 Å². The van der Waals surface area contributed by atoms with Gasteiger partial charge in [-0.2, -0.15) is 5.10 Å². The predicted octanol–water partition coefficient (Wildman–Crippen LogP) is 4.36. The SMILES string of the molecule is CCC(C)c1[nH]nc2c(F)cc(-c3nc(Nc4ccc(CN5CCNCC5)cn4)ncc3F)cc12. The summed E-state index contributed by atoms with van der Waals surface area (Å²) < 4.78 is 29.5. The number of H-pyrrole nitrogens is 1. The molecule has 182 valence electrons. The van der Waals surface area contributed by atoms with Crippen molar-refractivity contribution in [1.29, 1.82) is 0 Å². The molecule has 1 atom stereocenters. The molecular weight excluding hydrogens is 450 g/mol. The number of hydrogen-bond acceptors (Lipinski definition) is 7. The first-order valence-electron chi connectivity index (χ1n) is 11.9. The molecule has 1 unspecified atom stereocenters. The summed E-state index contributed by atoms with van der Waals surface area (Å²) >= 11 is 0. The van der Waals surface area contributed by atoms with E-state index in [9.17, 15) is 8.78 Å². The van der Waals surface area contributed by atoms with Gasteiger partial charge in [-0.15, -0.1) is 0 Å². The number of nitrogens with zero attached hydrogens (tertiary/aromatic N) is 5. The lowest BCUT2D eigenvalue weighted by atomic mass is 9.99. The molecule has 5 rings (SSSR count). The molecule has 1 aliphatic rings. The van der Waals surface area contributed by atoms with Crippen molar-refractivity contribution in [2.75, 3.05) is 31.5 Å². The van der Waals surface area contributed by atoms with E-state index in [-0.39, 0.29) is 23.1 Å². The minimum atomic E-state index is -0.637. The molecule has 1 aliphatic heterocycles. The molecule has 0 aliphatic carbocycles. The summed E-state index contributed by atoms with van der Waals surface area (Å²) in [5.74, 6) is -0.289. The second kappa shape index (κ2) is 10.0. The number of rotatable bonds is 7. The van der Waals surface area contributed by atoms with Crippen LogP contribution in [0.25, 0.3) is 22.2 Å². The van der Waals surface area contributed by atoms with Gasteiger partial charge in [-0.05, 0) is 36.1 Å². The third kappa shape index (κ3) is 4.98. The van der Waals surface area contributed by atoms with Crippen LogP contribution in [0.5, 0.6) is 0 Å². The Balaban J connectivity index is 1.39. The van der Waals surface area contributed by atoms with Gasteiger partial charge in [-0.3, -0.25) is 10.00 Å². The molecule has 0 spiro atoms. The lowest BCUT2D eigenvalue weighted by molar-refractivity contribution is 0.233. The van der Waals surface area contributed by atoms with Crippen LogP contribution in [-0.2, 0) is 6.54 Å². The van der Waals surface area contributed by atoms with E-state index >= 15 is 0 Å². The number of hydrogen-bond donors (Lipinski definition) is 3. The molecule has 0 saturated carbocycles.